The summed E-state index contributed by atoms with van der Waals surface area (Å²) in [5, 5.41) is 15.9. The van der Waals surface area contributed by atoms with Crippen molar-refractivity contribution < 1.29 is 28.6 Å². The minimum Gasteiger partial charge on any atom is -0.461 e. The number of esters is 3. The smallest absolute Gasteiger partial charge is 0.384 e. The number of nitrogens with zero attached hydrogens (tertiary/aromatic N) is 6. The van der Waals surface area contributed by atoms with E-state index in [9.17, 15) is 14.4 Å². The predicted octanol–water partition coefficient (Wildman–Crippen LogP) is 6.27. The first-order valence-electron chi connectivity index (χ1n) is 16.6. The zero-order valence-electron chi connectivity index (χ0n) is 31.3. The van der Waals surface area contributed by atoms with Gasteiger partial charge in [-0.3, -0.25) is 0 Å². The molecule has 5 aromatic rings. The Kier molecular flexibility index (Phi) is 17.5. The van der Waals surface area contributed by atoms with Crippen LogP contribution in [0, 0.1) is 46.5 Å². The molecule has 0 atom stereocenters. The number of hydrogen-bond acceptors (Lipinski definition) is 11. The van der Waals surface area contributed by atoms with Crippen LogP contribution in [0.15, 0.2) is 72.8 Å². The van der Waals surface area contributed by atoms with E-state index in [-0.39, 0.29) is 5.69 Å². The summed E-state index contributed by atoms with van der Waals surface area (Å²) in [6, 6.07) is 23.3. The number of carbonyl (C=O) groups is 3. The van der Waals surface area contributed by atoms with Crippen molar-refractivity contribution in [1.82, 2.24) is 30.0 Å². The van der Waals surface area contributed by atoms with Crippen molar-refractivity contribution in [2.24, 2.45) is 0 Å². The summed E-state index contributed by atoms with van der Waals surface area (Å²) in [6.07, 6.45) is 0. The molecule has 0 saturated carbocycles. The molecule has 0 unspecified atom stereocenters. The summed E-state index contributed by atoms with van der Waals surface area (Å²) >= 11 is 0. The molecule has 2 aromatic heterocycles. The molecule has 274 valence electrons. The molecule has 0 aliphatic rings. The van der Waals surface area contributed by atoms with E-state index in [2.05, 4.69) is 37.2 Å². The van der Waals surface area contributed by atoms with Gasteiger partial charge in [0.2, 0.25) is 0 Å². The molecule has 0 bridgehead atoms. The molecule has 0 fully saturated rings. The Morgan fingerprint density at radius 2 is 1.13 bits per heavy atom. The molecule has 0 aliphatic heterocycles. The summed E-state index contributed by atoms with van der Waals surface area (Å²) in [5.74, 6) is 3.38. The minimum absolute atomic E-state index is 0.264. The maximum atomic E-state index is 11.9. The van der Waals surface area contributed by atoms with E-state index in [0.717, 1.165) is 33.8 Å². The van der Waals surface area contributed by atoms with E-state index in [1.807, 2.05) is 93.6 Å². The Hall–Kier alpha value is -6.29. The standard InChI is InChI=1S/2C13H15N3O2.C7H9N.C6H8O2/c1-4-18-13(17)12-10(3)16(15-14-12)11-8-6-5-7-9(11)2;1-4-18-13(17)12-10(3)14-15-16(12)11-8-6-5-7-9(11)2;1-6-4-2-3-5-7(6)8;1-3-5-6(7)8-4-2/h2*5-8H,4H2,1-3H3;2-5H,8H2,1H3;4H2,1-2H3. The average Bonchev–Trinajstić information content (AvgIpc) is 3.70. The van der Waals surface area contributed by atoms with Crippen LogP contribution in [0.1, 0.15) is 76.8 Å². The lowest BCUT2D eigenvalue weighted by Gasteiger charge is -2.08. The van der Waals surface area contributed by atoms with Crippen LogP contribution in [0.4, 0.5) is 5.69 Å². The van der Waals surface area contributed by atoms with Crippen molar-refractivity contribution in [1.29, 1.82) is 0 Å². The van der Waals surface area contributed by atoms with Crippen LogP contribution in [0.25, 0.3) is 11.4 Å². The first-order valence-corrected chi connectivity index (χ1v) is 16.6. The van der Waals surface area contributed by atoms with E-state index in [1.165, 1.54) is 4.68 Å². The topological polar surface area (TPSA) is 166 Å². The number of aromatic nitrogens is 6. The zero-order valence-corrected chi connectivity index (χ0v) is 31.3. The van der Waals surface area contributed by atoms with Gasteiger partial charge in [-0.15, -0.1) is 10.2 Å². The number of para-hydroxylation sites is 3. The second kappa shape index (κ2) is 21.7. The molecule has 0 aliphatic carbocycles. The van der Waals surface area contributed by atoms with Crippen molar-refractivity contribution in [3.05, 3.63) is 112 Å². The van der Waals surface area contributed by atoms with E-state index >= 15 is 0 Å². The lowest BCUT2D eigenvalue weighted by atomic mass is 10.2. The van der Waals surface area contributed by atoms with E-state index < -0.39 is 17.9 Å². The molecule has 0 saturated heterocycles. The van der Waals surface area contributed by atoms with Gasteiger partial charge in [0.15, 0.2) is 11.4 Å². The fourth-order valence-corrected chi connectivity index (χ4v) is 4.36. The second-order valence-electron chi connectivity index (χ2n) is 10.8. The van der Waals surface area contributed by atoms with Gasteiger partial charge in [0.1, 0.15) is 0 Å². The molecular formula is C39H47N7O6. The molecule has 13 heteroatoms. The lowest BCUT2D eigenvalue weighted by molar-refractivity contribution is -0.136. The summed E-state index contributed by atoms with van der Waals surface area (Å²) in [7, 11) is 0. The average molecular weight is 710 g/mol. The molecular weight excluding hydrogens is 662 g/mol. The van der Waals surface area contributed by atoms with Gasteiger partial charge in [0.25, 0.3) is 0 Å². The fraction of sp³-hybridized carbons (Fsp3) is 0.308. The lowest BCUT2D eigenvalue weighted by Crippen LogP contribution is -2.13. The maximum absolute atomic E-state index is 11.9. The molecule has 0 spiro atoms. The number of nitrogens with two attached hydrogens (primary N) is 1. The summed E-state index contributed by atoms with van der Waals surface area (Å²) < 4.78 is 17.6. The SMILES string of the molecule is CC#CC(=O)OCC.CCOC(=O)c1c(C)nnn1-c1ccccc1C.CCOC(=O)c1nnn(-c2ccccc2C)c1C.Cc1ccccc1N. The van der Waals surface area contributed by atoms with E-state index in [4.69, 9.17) is 15.2 Å². The largest absolute Gasteiger partial charge is 0.461 e. The molecule has 2 heterocycles. The number of anilines is 1. The third-order valence-corrected chi connectivity index (χ3v) is 7.05. The Labute approximate surface area is 305 Å². The number of nitrogen functional groups attached to an aromatic ring is 1. The number of carbonyl (C=O) groups excluding carboxylic acids is 3. The molecule has 13 nitrogen and oxygen atoms in total. The molecule has 0 radical (unpaired) electrons. The molecule has 3 aromatic carbocycles. The maximum Gasteiger partial charge on any atom is 0.384 e. The Morgan fingerprint density at radius 1 is 0.654 bits per heavy atom. The highest BCUT2D eigenvalue weighted by molar-refractivity contribution is 5.89. The van der Waals surface area contributed by atoms with Crippen LogP contribution in [-0.4, -0.2) is 67.7 Å². The Bertz CT molecular complexity index is 1970. The predicted molar refractivity (Wildman–Crippen MR) is 199 cm³/mol. The van der Waals surface area contributed by atoms with Crippen LogP contribution in [0.2, 0.25) is 0 Å². The van der Waals surface area contributed by atoms with Gasteiger partial charge < -0.3 is 19.9 Å². The number of rotatable bonds is 7. The van der Waals surface area contributed by atoms with Crippen LogP contribution in [-0.2, 0) is 19.0 Å². The van der Waals surface area contributed by atoms with Crippen LogP contribution in [0.3, 0.4) is 0 Å². The number of ether oxygens (including phenoxy) is 3. The van der Waals surface area contributed by atoms with E-state index in [0.29, 0.717) is 36.9 Å². The third-order valence-electron chi connectivity index (χ3n) is 7.05. The number of aryl methyl sites for hydroxylation is 4. The zero-order chi connectivity index (χ0) is 38.6. The molecule has 0 amide bonds. The third kappa shape index (κ3) is 12.2. The Morgan fingerprint density at radius 3 is 1.62 bits per heavy atom. The quantitative estimate of drug-likeness (QED) is 0.0665. The molecule has 52 heavy (non-hydrogen) atoms. The number of hydrogen-bond donors (Lipinski definition) is 1. The van der Waals surface area contributed by atoms with Crippen molar-refractivity contribution in [3.63, 3.8) is 0 Å². The summed E-state index contributed by atoms with van der Waals surface area (Å²) in [4.78, 5) is 33.8. The summed E-state index contributed by atoms with van der Waals surface area (Å²) in [5.41, 5.74) is 13.3. The number of benzene rings is 3. The van der Waals surface area contributed by atoms with Crippen molar-refractivity contribution >= 4 is 23.6 Å². The van der Waals surface area contributed by atoms with Gasteiger partial charge >= 0.3 is 17.9 Å². The monoisotopic (exact) mass is 709 g/mol. The van der Waals surface area contributed by atoms with Crippen LogP contribution < -0.4 is 5.73 Å². The van der Waals surface area contributed by atoms with Crippen molar-refractivity contribution in [2.75, 3.05) is 25.6 Å². The Balaban J connectivity index is 0.000000258. The molecule has 2 N–H and O–H groups in total. The first-order chi connectivity index (χ1) is 24.9. The van der Waals surface area contributed by atoms with Crippen molar-refractivity contribution in [3.8, 4) is 23.2 Å². The summed E-state index contributed by atoms with van der Waals surface area (Å²) in [6.45, 7) is 17.4. The highest BCUT2D eigenvalue weighted by atomic mass is 16.5. The van der Waals surface area contributed by atoms with Gasteiger partial charge in [-0.05, 0) is 97.2 Å². The van der Waals surface area contributed by atoms with Gasteiger partial charge in [0.05, 0.1) is 42.6 Å². The molecule has 5 rings (SSSR count). The van der Waals surface area contributed by atoms with Crippen LogP contribution in [0.5, 0.6) is 0 Å². The van der Waals surface area contributed by atoms with E-state index in [1.54, 1.807) is 46.2 Å². The highest BCUT2D eigenvalue weighted by Gasteiger charge is 2.21. The van der Waals surface area contributed by atoms with Gasteiger partial charge in [-0.25, -0.2) is 23.7 Å². The van der Waals surface area contributed by atoms with Gasteiger partial charge in [-0.1, -0.05) is 70.9 Å². The highest BCUT2D eigenvalue weighted by Crippen LogP contribution is 2.18. The first kappa shape index (κ1) is 41.9. The van der Waals surface area contributed by atoms with Gasteiger partial charge in [0, 0.05) is 11.6 Å². The normalized spacial score (nSPS) is 9.63. The van der Waals surface area contributed by atoms with Gasteiger partial charge in [-0.2, -0.15) is 0 Å². The van der Waals surface area contributed by atoms with Crippen molar-refractivity contribution in [2.45, 2.75) is 62.3 Å². The fourth-order valence-electron chi connectivity index (χ4n) is 4.36. The second-order valence-corrected chi connectivity index (χ2v) is 10.8. The van der Waals surface area contributed by atoms with Crippen LogP contribution >= 0.6 is 0 Å². The minimum atomic E-state index is -0.449.